The minimum Gasteiger partial charge on any atom is -0.310 e. The zero-order valence-electron chi connectivity index (χ0n) is 19.6. The van der Waals surface area contributed by atoms with Crippen LogP contribution in [0.2, 0.25) is 0 Å². The molecule has 0 aliphatic heterocycles. The largest absolute Gasteiger partial charge is 0.310 e. The van der Waals surface area contributed by atoms with Gasteiger partial charge in [-0.05, 0) is 50.3 Å². The van der Waals surface area contributed by atoms with Crippen LogP contribution in [-0.4, -0.2) is 31.0 Å². The van der Waals surface area contributed by atoms with Crippen molar-refractivity contribution in [1.82, 2.24) is 19.3 Å². The second-order valence-corrected chi connectivity index (χ2v) is 9.33. The second kappa shape index (κ2) is 10.2. The monoisotopic (exact) mass is 482 g/mol. The highest BCUT2D eigenvalue weighted by atomic mass is 32.2. The Morgan fingerprint density at radius 1 is 1.06 bits per heavy atom. The van der Waals surface area contributed by atoms with E-state index in [1.807, 2.05) is 72.2 Å². The Bertz CT molecular complexity index is 1380. The minimum atomic E-state index is -0.176. The molecule has 1 amide bonds. The molecule has 0 atom stereocenters. The first-order chi connectivity index (χ1) is 17.2. The van der Waals surface area contributed by atoms with Gasteiger partial charge in [-0.25, -0.2) is 0 Å². The summed E-state index contributed by atoms with van der Waals surface area (Å²) in [6.45, 7) is 2.74. The molecule has 4 aromatic rings. The zero-order chi connectivity index (χ0) is 24.2. The summed E-state index contributed by atoms with van der Waals surface area (Å²) in [6, 6.07) is 22.2. The van der Waals surface area contributed by atoms with Gasteiger partial charge in [0, 0.05) is 23.5 Å². The smallest absolute Gasteiger partial charge is 0.236 e. The molecule has 0 bridgehead atoms. The molecule has 2 aromatic carbocycles. The van der Waals surface area contributed by atoms with E-state index in [-0.39, 0.29) is 11.7 Å². The summed E-state index contributed by atoms with van der Waals surface area (Å²) in [4.78, 5) is 13.1. The standard InChI is InChI=1S/C27H26N6OS/c1-2-32-25(19-11-5-3-6-12-19)30-31-27(32)35-18-24(34)29-26-22(17-28)21-15-9-10-16-23(21)33(26)20-13-7-4-8-14-20/h3-8,11-14H,2,9-10,15-16,18H2,1H3,(H,29,34). The Balaban J connectivity index is 1.40. The van der Waals surface area contributed by atoms with Gasteiger partial charge in [-0.3, -0.25) is 9.36 Å². The number of anilines is 1. The molecule has 5 rings (SSSR count). The van der Waals surface area contributed by atoms with Crippen molar-refractivity contribution in [2.75, 3.05) is 11.1 Å². The van der Waals surface area contributed by atoms with E-state index >= 15 is 0 Å². The number of carbonyl (C=O) groups is 1. The van der Waals surface area contributed by atoms with Crippen LogP contribution in [0.15, 0.2) is 65.8 Å². The molecule has 0 saturated carbocycles. The molecule has 0 radical (unpaired) electrons. The van der Waals surface area contributed by atoms with Crippen LogP contribution >= 0.6 is 11.8 Å². The van der Waals surface area contributed by atoms with Crippen LogP contribution in [-0.2, 0) is 24.2 Å². The number of hydrogen-bond acceptors (Lipinski definition) is 5. The maximum Gasteiger partial charge on any atom is 0.236 e. The maximum absolute atomic E-state index is 13.1. The third-order valence-electron chi connectivity index (χ3n) is 6.25. The fourth-order valence-electron chi connectivity index (χ4n) is 4.68. The number of thioether (sulfide) groups is 1. The third-order valence-corrected chi connectivity index (χ3v) is 7.22. The van der Waals surface area contributed by atoms with Crippen LogP contribution in [0.4, 0.5) is 5.82 Å². The second-order valence-electron chi connectivity index (χ2n) is 8.39. The van der Waals surface area contributed by atoms with Gasteiger partial charge < -0.3 is 9.88 Å². The number of fused-ring (bicyclic) bond motifs is 1. The van der Waals surface area contributed by atoms with Gasteiger partial charge in [0.05, 0.1) is 11.3 Å². The number of hydrogen-bond donors (Lipinski definition) is 1. The lowest BCUT2D eigenvalue weighted by atomic mass is 9.95. The number of nitriles is 1. The van der Waals surface area contributed by atoms with Crippen molar-refractivity contribution in [3.05, 3.63) is 77.5 Å². The van der Waals surface area contributed by atoms with Gasteiger partial charge in [0.2, 0.25) is 5.91 Å². The first-order valence-corrected chi connectivity index (χ1v) is 12.8. The molecule has 35 heavy (non-hydrogen) atoms. The van der Waals surface area contributed by atoms with E-state index in [4.69, 9.17) is 0 Å². The van der Waals surface area contributed by atoms with Crippen molar-refractivity contribution in [1.29, 1.82) is 5.26 Å². The molecule has 1 N–H and O–H groups in total. The number of aromatic nitrogens is 4. The predicted octanol–water partition coefficient (Wildman–Crippen LogP) is 5.24. The van der Waals surface area contributed by atoms with Gasteiger partial charge in [0.15, 0.2) is 11.0 Å². The van der Waals surface area contributed by atoms with Crippen molar-refractivity contribution in [3.63, 3.8) is 0 Å². The number of benzene rings is 2. The summed E-state index contributed by atoms with van der Waals surface area (Å²) in [5.74, 6) is 1.35. The Morgan fingerprint density at radius 2 is 1.77 bits per heavy atom. The van der Waals surface area contributed by atoms with Crippen LogP contribution in [0, 0.1) is 11.3 Å². The molecule has 1 aliphatic rings. The summed E-state index contributed by atoms with van der Waals surface area (Å²) in [5, 5.41) is 22.4. The molecule has 7 nitrogen and oxygen atoms in total. The Hall–Kier alpha value is -3.83. The van der Waals surface area contributed by atoms with E-state index in [0.717, 1.165) is 54.0 Å². The number of nitrogens with one attached hydrogen (secondary N) is 1. The lowest BCUT2D eigenvalue weighted by molar-refractivity contribution is -0.113. The number of rotatable bonds is 7. The SMILES string of the molecule is CCn1c(SCC(=O)Nc2c(C#N)c3c(n2-c2ccccc2)CCCC3)nnc1-c1ccccc1. The molecule has 0 fully saturated rings. The molecule has 8 heteroatoms. The van der Waals surface area contributed by atoms with Gasteiger partial charge in [-0.1, -0.05) is 60.3 Å². The Labute approximate surface area is 208 Å². The van der Waals surface area contributed by atoms with E-state index < -0.39 is 0 Å². The molecular weight excluding hydrogens is 456 g/mol. The number of para-hydroxylation sites is 1. The van der Waals surface area contributed by atoms with Gasteiger partial charge >= 0.3 is 0 Å². The van der Waals surface area contributed by atoms with Crippen molar-refractivity contribution in [2.45, 2.75) is 44.3 Å². The lowest BCUT2D eigenvalue weighted by Crippen LogP contribution is -2.18. The van der Waals surface area contributed by atoms with Crippen LogP contribution in [0.5, 0.6) is 0 Å². The van der Waals surface area contributed by atoms with Crippen molar-refractivity contribution >= 4 is 23.5 Å². The van der Waals surface area contributed by atoms with Crippen molar-refractivity contribution in [2.24, 2.45) is 0 Å². The number of nitrogens with zero attached hydrogens (tertiary/aromatic N) is 5. The fraction of sp³-hybridized carbons (Fsp3) is 0.259. The summed E-state index contributed by atoms with van der Waals surface area (Å²) < 4.78 is 4.07. The topological polar surface area (TPSA) is 88.5 Å². The van der Waals surface area contributed by atoms with E-state index in [1.165, 1.54) is 11.8 Å². The number of amides is 1. The van der Waals surface area contributed by atoms with Gasteiger partial charge in [0.1, 0.15) is 11.9 Å². The minimum absolute atomic E-state index is 0.169. The fourth-order valence-corrected chi connectivity index (χ4v) is 5.48. The molecular formula is C27H26N6OS. The Kier molecular flexibility index (Phi) is 6.68. The maximum atomic E-state index is 13.1. The molecule has 0 unspecified atom stereocenters. The van der Waals surface area contributed by atoms with Crippen LogP contribution in [0.25, 0.3) is 17.1 Å². The van der Waals surface area contributed by atoms with Crippen molar-refractivity contribution < 1.29 is 4.79 Å². The van der Waals surface area contributed by atoms with E-state index in [0.29, 0.717) is 23.1 Å². The summed E-state index contributed by atoms with van der Waals surface area (Å²) in [7, 11) is 0. The summed E-state index contributed by atoms with van der Waals surface area (Å²) >= 11 is 1.35. The van der Waals surface area contributed by atoms with Crippen molar-refractivity contribution in [3.8, 4) is 23.1 Å². The average molecular weight is 483 g/mol. The molecule has 1 aliphatic carbocycles. The molecule has 176 valence electrons. The third kappa shape index (κ3) is 4.47. The zero-order valence-corrected chi connectivity index (χ0v) is 20.4. The lowest BCUT2D eigenvalue weighted by Gasteiger charge is -2.17. The molecule has 0 saturated heterocycles. The van der Waals surface area contributed by atoms with E-state index in [9.17, 15) is 10.1 Å². The van der Waals surface area contributed by atoms with Crippen LogP contribution in [0.1, 0.15) is 36.6 Å². The molecule has 0 spiro atoms. The molecule has 2 aromatic heterocycles. The van der Waals surface area contributed by atoms with Gasteiger partial charge in [0.25, 0.3) is 0 Å². The highest BCUT2D eigenvalue weighted by Crippen LogP contribution is 2.35. The first kappa shape index (κ1) is 22.9. The highest BCUT2D eigenvalue weighted by Gasteiger charge is 2.27. The van der Waals surface area contributed by atoms with Crippen LogP contribution in [0.3, 0.4) is 0 Å². The predicted molar refractivity (Wildman–Crippen MR) is 138 cm³/mol. The quantitative estimate of drug-likeness (QED) is 0.364. The van der Waals surface area contributed by atoms with E-state index in [2.05, 4.69) is 26.2 Å². The Morgan fingerprint density at radius 3 is 2.49 bits per heavy atom. The highest BCUT2D eigenvalue weighted by molar-refractivity contribution is 7.99. The summed E-state index contributed by atoms with van der Waals surface area (Å²) in [6.07, 6.45) is 3.89. The van der Waals surface area contributed by atoms with E-state index in [1.54, 1.807) is 0 Å². The molecule has 2 heterocycles. The summed E-state index contributed by atoms with van der Waals surface area (Å²) in [5.41, 5.74) is 4.70. The average Bonchev–Trinajstić information content (AvgIpc) is 3.46. The van der Waals surface area contributed by atoms with Gasteiger partial charge in [-0.2, -0.15) is 5.26 Å². The normalized spacial score (nSPS) is 12.7. The van der Waals surface area contributed by atoms with Crippen LogP contribution < -0.4 is 5.32 Å². The number of carbonyl (C=O) groups excluding carboxylic acids is 1. The first-order valence-electron chi connectivity index (χ1n) is 11.8. The van der Waals surface area contributed by atoms with Gasteiger partial charge in [-0.15, -0.1) is 10.2 Å².